The first-order valence-corrected chi connectivity index (χ1v) is 13.1. The van der Waals surface area contributed by atoms with Crippen molar-refractivity contribution in [2.24, 2.45) is 0 Å². The zero-order valence-electron chi connectivity index (χ0n) is 20.3. The maximum atomic E-state index is 11.7. The van der Waals surface area contributed by atoms with Crippen LogP contribution >= 0.6 is 11.8 Å². The number of rotatable bonds is 16. The van der Waals surface area contributed by atoms with Gasteiger partial charge in [-0.05, 0) is 55.9 Å². The second-order valence-corrected chi connectivity index (χ2v) is 10.1. The zero-order valence-corrected chi connectivity index (χ0v) is 21.1. The maximum absolute atomic E-state index is 11.7. The van der Waals surface area contributed by atoms with Gasteiger partial charge in [0.25, 0.3) is 5.24 Å². The quantitative estimate of drug-likeness (QED) is 0.302. The molecule has 0 radical (unpaired) electrons. The lowest BCUT2D eigenvalue weighted by Gasteiger charge is -2.18. The van der Waals surface area contributed by atoms with Crippen molar-refractivity contribution >= 4 is 22.9 Å². The van der Waals surface area contributed by atoms with Crippen molar-refractivity contribution < 1.29 is 24.2 Å². The molecule has 0 bridgehead atoms. The van der Waals surface area contributed by atoms with Crippen LogP contribution in [0.2, 0.25) is 0 Å². The van der Waals surface area contributed by atoms with Crippen molar-refractivity contribution in [3.05, 3.63) is 65.7 Å². The first-order chi connectivity index (χ1) is 17.0. The van der Waals surface area contributed by atoms with Crippen molar-refractivity contribution in [3.8, 4) is 5.75 Å². The Labute approximate surface area is 212 Å². The fourth-order valence-corrected chi connectivity index (χ4v) is 4.57. The van der Waals surface area contributed by atoms with Gasteiger partial charge in [0.15, 0.2) is 0 Å². The Morgan fingerprint density at radius 1 is 1.00 bits per heavy atom. The molecule has 1 saturated heterocycles. The summed E-state index contributed by atoms with van der Waals surface area (Å²) in [5, 5.41) is 15.1. The molecule has 0 saturated carbocycles. The predicted octanol–water partition coefficient (Wildman–Crippen LogP) is 3.73. The highest BCUT2D eigenvalue weighted by molar-refractivity contribution is 8.15. The molecule has 2 aromatic rings. The Kier molecular flexibility index (Phi) is 11.6. The van der Waals surface area contributed by atoms with Crippen LogP contribution in [0.25, 0.3) is 0 Å². The fraction of sp³-hybridized carbons (Fsp3) is 0.481. The van der Waals surface area contributed by atoms with Gasteiger partial charge in [-0.1, -0.05) is 60.6 Å². The van der Waals surface area contributed by atoms with Crippen LogP contribution < -0.4 is 15.4 Å². The minimum absolute atomic E-state index is 0.0620. The molecular formula is C27H36N2O5S. The van der Waals surface area contributed by atoms with Crippen LogP contribution in [0, 0.1) is 0 Å². The number of imide groups is 1. The molecule has 1 fully saturated rings. The molecule has 0 aliphatic carbocycles. The molecule has 3 atom stereocenters. The van der Waals surface area contributed by atoms with E-state index in [1.807, 2.05) is 37.3 Å². The summed E-state index contributed by atoms with van der Waals surface area (Å²) in [7, 11) is 0. The van der Waals surface area contributed by atoms with Crippen molar-refractivity contribution in [1.82, 2.24) is 10.6 Å². The molecule has 1 heterocycles. The molecule has 7 nitrogen and oxygen atoms in total. The number of thioether (sulfide) groups is 1. The second kappa shape index (κ2) is 14.9. The molecule has 0 spiro atoms. The Bertz CT molecular complexity index is 910. The second-order valence-electron chi connectivity index (χ2n) is 8.88. The number of carbonyl (C=O) groups is 2. The minimum atomic E-state index is -0.557. The summed E-state index contributed by atoms with van der Waals surface area (Å²) in [6.07, 6.45) is 4.31. The van der Waals surface area contributed by atoms with Gasteiger partial charge in [0.2, 0.25) is 5.91 Å². The number of aryl methyl sites for hydroxylation is 1. The Morgan fingerprint density at radius 2 is 1.77 bits per heavy atom. The molecule has 1 aliphatic rings. The SMILES string of the molecule is CC(COc1ccc(CC2SC(=O)NC2=O)cc1)NCC(O)COCCCCCc1ccccc1. The van der Waals surface area contributed by atoms with E-state index in [1.54, 1.807) is 0 Å². The van der Waals surface area contributed by atoms with E-state index in [0.29, 0.717) is 32.8 Å². The largest absolute Gasteiger partial charge is 0.492 e. The third kappa shape index (κ3) is 10.4. The third-order valence-corrected chi connectivity index (χ3v) is 6.70. The van der Waals surface area contributed by atoms with E-state index in [1.165, 1.54) is 5.56 Å². The van der Waals surface area contributed by atoms with Crippen LogP contribution in [-0.4, -0.2) is 60.0 Å². The monoisotopic (exact) mass is 500 g/mol. The van der Waals surface area contributed by atoms with Crippen LogP contribution in [0.1, 0.15) is 37.3 Å². The fourth-order valence-electron chi connectivity index (χ4n) is 3.71. The highest BCUT2D eigenvalue weighted by atomic mass is 32.2. The summed E-state index contributed by atoms with van der Waals surface area (Å²) < 4.78 is 11.4. The van der Waals surface area contributed by atoms with Crippen molar-refractivity contribution in [2.75, 3.05) is 26.4 Å². The van der Waals surface area contributed by atoms with E-state index in [0.717, 1.165) is 48.8 Å². The minimum Gasteiger partial charge on any atom is -0.492 e. The van der Waals surface area contributed by atoms with Crippen LogP contribution in [0.3, 0.4) is 0 Å². The molecule has 1 aliphatic heterocycles. The summed E-state index contributed by atoms with van der Waals surface area (Å²) in [6, 6.07) is 18.1. The average molecular weight is 501 g/mol. The molecular weight excluding hydrogens is 464 g/mol. The molecule has 8 heteroatoms. The van der Waals surface area contributed by atoms with Crippen LogP contribution in [0.5, 0.6) is 5.75 Å². The number of carbonyl (C=O) groups excluding carboxylic acids is 2. The van der Waals surface area contributed by atoms with Gasteiger partial charge < -0.3 is 19.9 Å². The first kappa shape index (κ1) is 27.2. The van der Waals surface area contributed by atoms with E-state index in [4.69, 9.17) is 9.47 Å². The standard InChI is InChI=1S/C27H36N2O5S/c1-20(18-34-24-13-11-22(12-14-24)16-25-26(31)29-27(32)35-25)28-17-23(30)19-33-15-7-3-6-10-21-8-4-2-5-9-21/h2,4-5,8-9,11-14,20,23,25,28,30H,3,6-7,10,15-19H2,1H3,(H,29,31,32). The zero-order chi connectivity index (χ0) is 24.9. The summed E-state index contributed by atoms with van der Waals surface area (Å²) in [5.74, 6) is 0.504. The number of aliphatic hydroxyl groups excluding tert-OH is 1. The van der Waals surface area contributed by atoms with Crippen molar-refractivity contribution in [2.45, 2.75) is 56.4 Å². The normalized spacial score (nSPS) is 17.3. The lowest BCUT2D eigenvalue weighted by atomic mass is 10.1. The lowest BCUT2D eigenvalue weighted by Crippen LogP contribution is -2.39. The van der Waals surface area contributed by atoms with Crippen LogP contribution in [-0.2, 0) is 22.4 Å². The topological polar surface area (TPSA) is 96.9 Å². The molecule has 2 aromatic carbocycles. The summed E-state index contributed by atoms with van der Waals surface area (Å²) in [6.45, 7) is 3.90. The van der Waals surface area contributed by atoms with Crippen LogP contribution in [0.4, 0.5) is 4.79 Å². The summed E-state index contributed by atoms with van der Waals surface area (Å²) >= 11 is 1.03. The van der Waals surface area contributed by atoms with Gasteiger partial charge in [0.1, 0.15) is 12.4 Å². The van der Waals surface area contributed by atoms with Gasteiger partial charge in [-0.3, -0.25) is 14.9 Å². The van der Waals surface area contributed by atoms with Crippen molar-refractivity contribution in [3.63, 3.8) is 0 Å². The van der Waals surface area contributed by atoms with Crippen LogP contribution in [0.15, 0.2) is 54.6 Å². The molecule has 2 amide bonds. The van der Waals surface area contributed by atoms with Gasteiger partial charge in [0, 0.05) is 19.2 Å². The van der Waals surface area contributed by atoms with E-state index < -0.39 is 6.10 Å². The number of hydrogen-bond donors (Lipinski definition) is 3. The van der Waals surface area contributed by atoms with Gasteiger partial charge in [-0.2, -0.15) is 0 Å². The highest BCUT2D eigenvalue weighted by Gasteiger charge is 2.31. The molecule has 3 rings (SSSR count). The molecule has 3 unspecified atom stereocenters. The number of aliphatic hydroxyl groups is 1. The number of benzene rings is 2. The molecule has 3 N–H and O–H groups in total. The van der Waals surface area contributed by atoms with Gasteiger partial charge in [0.05, 0.1) is 18.0 Å². The first-order valence-electron chi connectivity index (χ1n) is 12.3. The van der Waals surface area contributed by atoms with Crippen molar-refractivity contribution in [1.29, 1.82) is 0 Å². The molecule has 190 valence electrons. The highest BCUT2D eigenvalue weighted by Crippen LogP contribution is 2.23. The molecule has 35 heavy (non-hydrogen) atoms. The maximum Gasteiger partial charge on any atom is 0.286 e. The number of hydrogen-bond acceptors (Lipinski definition) is 7. The Hall–Kier alpha value is -2.39. The van der Waals surface area contributed by atoms with E-state index in [2.05, 4.69) is 34.9 Å². The summed E-state index contributed by atoms with van der Waals surface area (Å²) in [4.78, 5) is 23.0. The predicted molar refractivity (Wildman–Crippen MR) is 139 cm³/mol. The van der Waals surface area contributed by atoms with E-state index in [9.17, 15) is 14.7 Å². The summed E-state index contributed by atoms with van der Waals surface area (Å²) in [5.41, 5.74) is 2.35. The van der Waals surface area contributed by atoms with Gasteiger partial charge in [-0.25, -0.2) is 0 Å². The number of nitrogens with one attached hydrogen (secondary N) is 2. The Balaban J connectivity index is 1.20. The van der Waals surface area contributed by atoms with E-state index in [-0.39, 0.29) is 22.4 Å². The Morgan fingerprint density at radius 3 is 2.49 bits per heavy atom. The molecule has 0 aromatic heterocycles. The van der Waals surface area contributed by atoms with E-state index >= 15 is 0 Å². The number of unbranched alkanes of at least 4 members (excludes halogenated alkanes) is 2. The third-order valence-electron chi connectivity index (χ3n) is 5.72. The number of amides is 2. The number of ether oxygens (including phenoxy) is 2. The smallest absolute Gasteiger partial charge is 0.286 e. The van der Waals surface area contributed by atoms with Gasteiger partial charge >= 0.3 is 0 Å². The average Bonchev–Trinajstić information content (AvgIpc) is 3.18. The lowest BCUT2D eigenvalue weighted by molar-refractivity contribution is -0.118. The van der Waals surface area contributed by atoms with Gasteiger partial charge in [-0.15, -0.1) is 0 Å².